The zero-order valence-electron chi connectivity index (χ0n) is 20.0. The van der Waals surface area contributed by atoms with Crippen LogP contribution >= 0.6 is 11.8 Å². The summed E-state index contributed by atoms with van der Waals surface area (Å²) in [6.45, 7) is 0.580. The second-order valence-corrected chi connectivity index (χ2v) is 9.44. The SMILES string of the molecule is O=C(CN1C(=O)S/C(=C\c2cn(CCOc3ccccc3)c3ccccc23)C1=O)c1ccc([N+](=O)[O-])cc1. The Morgan fingerprint density at radius 2 is 1.68 bits per heavy atom. The molecular weight excluding hydrogens is 506 g/mol. The average Bonchev–Trinajstić information content (AvgIpc) is 3.41. The minimum Gasteiger partial charge on any atom is -0.492 e. The standard InChI is InChI=1S/C28H21N3O6S/c32-25(19-10-12-21(13-11-19)31(35)36)18-30-27(33)26(38-28(30)34)16-20-17-29(24-9-5-4-8-23(20)24)14-15-37-22-6-2-1-3-7-22/h1-13,16-17H,14-15,18H2/b26-16-. The van der Waals surface area contributed by atoms with Crippen LogP contribution in [-0.4, -0.2) is 44.5 Å². The fourth-order valence-corrected chi connectivity index (χ4v) is 4.96. The lowest BCUT2D eigenvalue weighted by Gasteiger charge is -2.11. The number of carbonyl (C=O) groups excluding carboxylic acids is 3. The van der Waals surface area contributed by atoms with Crippen LogP contribution in [-0.2, 0) is 11.3 Å². The number of ether oxygens (including phenoxy) is 1. The van der Waals surface area contributed by atoms with Gasteiger partial charge < -0.3 is 9.30 Å². The molecule has 4 aromatic rings. The monoisotopic (exact) mass is 527 g/mol. The molecule has 0 saturated carbocycles. The summed E-state index contributed by atoms with van der Waals surface area (Å²) < 4.78 is 7.86. The maximum atomic E-state index is 13.0. The number of hydrogen-bond donors (Lipinski definition) is 0. The molecular formula is C28H21N3O6S. The molecule has 1 fully saturated rings. The van der Waals surface area contributed by atoms with Gasteiger partial charge >= 0.3 is 0 Å². The summed E-state index contributed by atoms with van der Waals surface area (Å²) in [5.41, 5.74) is 1.76. The number of aromatic nitrogens is 1. The number of thioether (sulfide) groups is 1. The number of Topliss-reactive ketones (excluding diaryl/α,β-unsaturated/α-hetero) is 1. The number of ketones is 1. The normalized spacial score (nSPS) is 14.4. The van der Waals surface area contributed by atoms with Crippen LogP contribution in [0.3, 0.4) is 0 Å². The van der Waals surface area contributed by atoms with E-state index in [4.69, 9.17) is 4.74 Å². The van der Waals surface area contributed by atoms with Gasteiger partial charge in [-0.3, -0.25) is 29.4 Å². The molecule has 0 atom stereocenters. The number of nitrogens with zero attached hydrogens (tertiary/aromatic N) is 3. The number of non-ortho nitro benzene ring substituents is 1. The first-order valence-electron chi connectivity index (χ1n) is 11.7. The van der Waals surface area contributed by atoms with Gasteiger partial charge in [-0.1, -0.05) is 36.4 Å². The number of nitro groups is 1. The largest absolute Gasteiger partial charge is 0.492 e. The number of carbonyl (C=O) groups is 3. The van der Waals surface area contributed by atoms with Gasteiger partial charge in [0.2, 0.25) is 0 Å². The number of amides is 2. The number of imide groups is 1. The Bertz CT molecular complexity index is 1580. The number of hydrogen-bond acceptors (Lipinski definition) is 7. The van der Waals surface area contributed by atoms with Crippen LogP contribution in [0, 0.1) is 10.1 Å². The van der Waals surface area contributed by atoms with Gasteiger partial charge in [-0.15, -0.1) is 0 Å². The second kappa shape index (κ2) is 10.7. The van der Waals surface area contributed by atoms with E-state index in [1.807, 2.05) is 65.4 Å². The minimum atomic E-state index is -0.567. The minimum absolute atomic E-state index is 0.151. The molecule has 1 aliphatic rings. The zero-order valence-corrected chi connectivity index (χ0v) is 20.8. The molecule has 3 aromatic carbocycles. The predicted octanol–water partition coefficient (Wildman–Crippen LogP) is 5.55. The third kappa shape index (κ3) is 5.21. The molecule has 0 aliphatic carbocycles. The Labute approximate surface area is 221 Å². The Hall–Kier alpha value is -4.70. The van der Waals surface area contributed by atoms with Gasteiger partial charge in [-0.2, -0.15) is 0 Å². The first-order valence-corrected chi connectivity index (χ1v) is 12.5. The lowest BCUT2D eigenvalue weighted by atomic mass is 10.1. The van der Waals surface area contributed by atoms with Crippen molar-refractivity contribution in [3.8, 4) is 5.75 Å². The van der Waals surface area contributed by atoms with Gasteiger partial charge in [0.05, 0.1) is 22.9 Å². The molecule has 5 rings (SSSR count). The summed E-state index contributed by atoms with van der Waals surface area (Å²) in [5, 5.41) is 11.2. The van der Waals surface area contributed by atoms with Gasteiger partial charge in [0.15, 0.2) is 5.78 Å². The second-order valence-electron chi connectivity index (χ2n) is 8.45. The summed E-state index contributed by atoms with van der Waals surface area (Å²) in [6.07, 6.45) is 3.58. The highest BCUT2D eigenvalue weighted by Crippen LogP contribution is 2.34. The van der Waals surface area contributed by atoms with Crippen LogP contribution in [0.5, 0.6) is 5.75 Å². The fraction of sp³-hybridized carbons (Fsp3) is 0.107. The lowest BCUT2D eigenvalue weighted by Crippen LogP contribution is -2.33. The topological polar surface area (TPSA) is 112 Å². The van der Waals surface area contributed by atoms with Crippen molar-refractivity contribution in [2.24, 2.45) is 0 Å². The van der Waals surface area contributed by atoms with Crippen molar-refractivity contribution >= 4 is 51.4 Å². The maximum Gasteiger partial charge on any atom is 0.293 e. The Balaban J connectivity index is 1.32. The molecule has 1 aromatic heterocycles. The van der Waals surface area contributed by atoms with Crippen molar-refractivity contribution in [2.75, 3.05) is 13.2 Å². The molecule has 0 unspecified atom stereocenters. The molecule has 38 heavy (non-hydrogen) atoms. The molecule has 1 aliphatic heterocycles. The fourth-order valence-electron chi connectivity index (χ4n) is 4.14. The van der Waals surface area contributed by atoms with E-state index in [1.165, 1.54) is 24.3 Å². The van der Waals surface area contributed by atoms with Crippen LogP contribution in [0.1, 0.15) is 15.9 Å². The van der Waals surface area contributed by atoms with Crippen LogP contribution < -0.4 is 4.74 Å². The van der Waals surface area contributed by atoms with Gasteiger partial charge in [0.25, 0.3) is 16.8 Å². The Morgan fingerprint density at radius 1 is 0.974 bits per heavy atom. The van der Waals surface area contributed by atoms with Gasteiger partial charge in [0, 0.05) is 40.4 Å². The maximum absolute atomic E-state index is 13.0. The summed E-state index contributed by atoms with van der Waals surface area (Å²) >= 11 is 0.776. The first kappa shape index (κ1) is 25.0. The van der Waals surface area contributed by atoms with E-state index < -0.39 is 28.4 Å². The van der Waals surface area contributed by atoms with E-state index in [9.17, 15) is 24.5 Å². The Kier molecular flexibility index (Phi) is 7.05. The lowest BCUT2D eigenvalue weighted by molar-refractivity contribution is -0.384. The number of fused-ring (bicyclic) bond motifs is 1. The van der Waals surface area contributed by atoms with Crippen molar-refractivity contribution in [2.45, 2.75) is 6.54 Å². The summed E-state index contributed by atoms with van der Waals surface area (Å²) in [6, 6.07) is 22.3. The predicted molar refractivity (Wildman–Crippen MR) is 144 cm³/mol. The zero-order chi connectivity index (χ0) is 26.6. The van der Waals surface area contributed by atoms with E-state index in [0.29, 0.717) is 13.2 Å². The van der Waals surface area contributed by atoms with Gasteiger partial charge in [0.1, 0.15) is 12.4 Å². The number of para-hydroxylation sites is 2. The molecule has 0 spiro atoms. The van der Waals surface area contributed by atoms with Crippen molar-refractivity contribution < 1.29 is 24.0 Å². The van der Waals surface area contributed by atoms with Crippen molar-refractivity contribution in [1.82, 2.24) is 9.47 Å². The van der Waals surface area contributed by atoms with E-state index in [0.717, 1.165) is 38.9 Å². The van der Waals surface area contributed by atoms with Crippen molar-refractivity contribution in [3.63, 3.8) is 0 Å². The third-order valence-electron chi connectivity index (χ3n) is 6.03. The van der Waals surface area contributed by atoms with Crippen molar-refractivity contribution in [1.29, 1.82) is 0 Å². The molecule has 2 amide bonds. The molecule has 0 bridgehead atoms. The van der Waals surface area contributed by atoms with Crippen LogP contribution in [0.2, 0.25) is 0 Å². The molecule has 0 N–H and O–H groups in total. The smallest absolute Gasteiger partial charge is 0.293 e. The van der Waals surface area contributed by atoms with E-state index >= 15 is 0 Å². The summed E-state index contributed by atoms with van der Waals surface area (Å²) in [7, 11) is 0. The van der Waals surface area contributed by atoms with Crippen LogP contribution in [0.15, 0.2) is 90.0 Å². The van der Waals surface area contributed by atoms with Crippen molar-refractivity contribution in [3.05, 3.63) is 111 Å². The highest BCUT2D eigenvalue weighted by atomic mass is 32.2. The van der Waals surface area contributed by atoms with E-state index in [2.05, 4.69) is 0 Å². The van der Waals surface area contributed by atoms with E-state index in [1.54, 1.807) is 6.08 Å². The molecule has 10 heteroatoms. The molecule has 2 heterocycles. The van der Waals surface area contributed by atoms with Gasteiger partial charge in [-0.25, -0.2) is 0 Å². The summed E-state index contributed by atoms with van der Waals surface area (Å²) in [5.74, 6) is -0.265. The average molecular weight is 528 g/mol. The van der Waals surface area contributed by atoms with Crippen LogP contribution in [0.4, 0.5) is 10.5 Å². The highest BCUT2D eigenvalue weighted by molar-refractivity contribution is 8.18. The summed E-state index contributed by atoms with van der Waals surface area (Å²) in [4.78, 5) is 49.7. The molecule has 9 nitrogen and oxygen atoms in total. The molecule has 1 saturated heterocycles. The van der Waals surface area contributed by atoms with Crippen LogP contribution in [0.25, 0.3) is 17.0 Å². The molecule has 190 valence electrons. The first-order chi connectivity index (χ1) is 18.4. The Morgan fingerprint density at radius 3 is 2.42 bits per heavy atom. The van der Waals surface area contributed by atoms with Gasteiger partial charge in [-0.05, 0) is 48.2 Å². The number of benzene rings is 3. The van der Waals surface area contributed by atoms with E-state index in [-0.39, 0.29) is 16.2 Å². The third-order valence-corrected chi connectivity index (χ3v) is 6.93. The highest BCUT2D eigenvalue weighted by Gasteiger charge is 2.36. The quantitative estimate of drug-likeness (QED) is 0.121. The number of rotatable bonds is 9. The molecule has 0 radical (unpaired) electrons. The number of nitro benzene ring substituents is 1.